The van der Waals surface area contributed by atoms with Gasteiger partial charge in [-0.2, -0.15) is 0 Å². The summed E-state index contributed by atoms with van der Waals surface area (Å²) in [4.78, 5) is 36.7. The molecule has 1 saturated heterocycles. The molecule has 3 heterocycles. The second-order valence-electron chi connectivity index (χ2n) is 10.6. The van der Waals surface area contributed by atoms with Crippen molar-refractivity contribution in [2.24, 2.45) is 5.92 Å². The number of nitrogens with zero attached hydrogens (tertiary/aromatic N) is 3. The zero-order valence-corrected chi connectivity index (χ0v) is 30.1. The highest BCUT2D eigenvalue weighted by Gasteiger charge is 2.20. The lowest BCUT2D eigenvalue weighted by Crippen LogP contribution is -2.41. The van der Waals surface area contributed by atoms with Gasteiger partial charge in [0.25, 0.3) is 11.5 Å². The fourth-order valence-corrected chi connectivity index (χ4v) is 5.50. The number of aromatic amines is 1. The number of hydrogen-bond donors (Lipinski definition) is 2. The van der Waals surface area contributed by atoms with E-state index < -0.39 is 0 Å². The van der Waals surface area contributed by atoms with Crippen molar-refractivity contribution in [3.63, 3.8) is 0 Å². The Kier molecular flexibility index (Phi) is 20.5. The van der Waals surface area contributed by atoms with E-state index in [9.17, 15) is 9.59 Å². The SMILES string of the molecule is C=C1/C=C(\C=C/C)C(=O)N(NC)CCCCCOc2cc(CN3CCCC(COC)CC3)cc3[nH]c(=O)c1nc23.CC.CC.CC. The van der Waals surface area contributed by atoms with Crippen LogP contribution in [0.15, 0.2) is 47.3 Å². The van der Waals surface area contributed by atoms with Crippen molar-refractivity contribution in [1.29, 1.82) is 0 Å². The largest absolute Gasteiger partial charge is 0.491 e. The van der Waals surface area contributed by atoms with Gasteiger partial charge >= 0.3 is 0 Å². The Morgan fingerprint density at radius 3 is 2.46 bits per heavy atom. The van der Waals surface area contributed by atoms with Crippen LogP contribution in [0.25, 0.3) is 16.6 Å². The number of hydrazine groups is 1. The van der Waals surface area contributed by atoms with Crippen molar-refractivity contribution in [2.75, 3.05) is 47.0 Å². The van der Waals surface area contributed by atoms with Crippen LogP contribution in [0.2, 0.25) is 0 Å². The number of nitrogens with one attached hydrogen (secondary N) is 2. The molecule has 0 spiro atoms. The first kappa shape index (κ1) is 40.8. The molecule has 2 aliphatic heterocycles. The maximum atomic E-state index is 13.2. The first-order chi connectivity index (χ1) is 22.4. The van der Waals surface area contributed by atoms with Crippen molar-refractivity contribution < 1.29 is 14.3 Å². The third-order valence-electron chi connectivity index (χ3n) is 7.60. The molecule has 2 aliphatic rings. The van der Waals surface area contributed by atoms with E-state index in [0.717, 1.165) is 63.9 Å². The summed E-state index contributed by atoms with van der Waals surface area (Å²) in [5.74, 6) is 1.08. The van der Waals surface area contributed by atoms with E-state index in [2.05, 4.69) is 28.0 Å². The van der Waals surface area contributed by atoms with Gasteiger partial charge in [0.05, 0.1) is 12.1 Å². The lowest BCUT2D eigenvalue weighted by atomic mass is 10.0. The van der Waals surface area contributed by atoms with Gasteiger partial charge in [-0.1, -0.05) is 60.3 Å². The monoisotopic (exact) mass is 639 g/mol. The number of fused-ring (bicyclic) bond motifs is 1. The Morgan fingerprint density at radius 2 is 1.78 bits per heavy atom. The van der Waals surface area contributed by atoms with E-state index >= 15 is 0 Å². The maximum absolute atomic E-state index is 13.2. The molecule has 1 atom stereocenters. The van der Waals surface area contributed by atoms with Crippen molar-refractivity contribution in [2.45, 2.75) is 93.5 Å². The summed E-state index contributed by atoms with van der Waals surface area (Å²) in [5.41, 5.74) is 5.91. The van der Waals surface area contributed by atoms with Crippen LogP contribution in [0.3, 0.4) is 0 Å². The van der Waals surface area contributed by atoms with Crippen LogP contribution in [0, 0.1) is 5.92 Å². The highest BCUT2D eigenvalue weighted by molar-refractivity contribution is 5.98. The Morgan fingerprint density at radius 1 is 1.04 bits per heavy atom. The zero-order valence-electron chi connectivity index (χ0n) is 30.1. The van der Waals surface area contributed by atoms with Crippen LogP contribution in [0.5, 0.6) is 5.75 Å². The van der Waals surface area contributed by atoms with Gasteiger partial charge in [0.1, 0.15) is 17.0 Å². The maximum Gasteiger partial charge on any atom is 0.274 e. The van der Waals surface area contributed by atoms with Crippen molar-refractivity contribution >= 4 is 22.5 Å². The van der Waals surface area contributed by atoms with Crippen LogP contribution < -0.4 is 15.7 Å². The Labute approximate surface area is 278 Å². The second kappa shape index (κ2) is 23.1. The summed E-state index contributed by atoms with van der Waals surface area (Å²) >= 11 is 0. The molecule has 1 unspecified atom stereocenters. The fourth-order valence-electron chi connectivity index (χ4n) is 5.50. The van der Waals surface area contributed by atoms with Crippen LogP contribution >= 0.6 is 0 Å². The molecule has 9 heteroatoms. The predicted octanol–water partition coefficient (Wildman–Crippen LogP) is 7.29. The van der Waals surface area contributed by atoms with Crippen molar-refractivity contribution in [3.05, 3.63) is 64.1 Å². The van der Waals surface area contributed by atoms with Crippen molar-refractivity contribution in [1.82, 2.24) is 25.3 Å². The van der Waals surface area contributed by atoms with Gasteiger partial charge in [-0.15, -0.1) is 0 Å². The fraction of sp³-hybridized carbons (Fsp3) is 0.595. The molecule has 258 valence electrons. The molecule has 1 aromatic heterocycles. The molecule has 0 saturated carbocycles. The number of carbonyl (C=O) groups is 1. The van der Waals surface area contributed by atoms with Gasteiger partial charge in [0, 0.05) is 39.4 Å². The summed E-state index contributed by atoms with van der Waals surface area (Å²) < 4.78 is 11.7. The molecule has 2 aromatic rings. The Hall–Kier alpha value is -3.27. The minimum Gasteiger partial charge on any atom is -0.491 e. The van der Waals surface area contributed by atoms with E-state index in [0.29, 0.717) is 47.0 Å². The molecule has 1 amide bonds. The average molecular weight is 640 g/mol. The standard InChI is InChI=1S/C31H43N5O4.3C2H6/c1-5-10-25-17-22(2)28-30(37)33-26-18-24(20-35-13-9-11-23(12-15-35)21-39-4)19-27(29(26)34-28)40-16-8-6-7-14-36(32-3)31(25)38;3*1-2/h5,10,17-19,23,32H,2,6-9,11-16,20-21H2,1,3-4H3,(H,33,37);3*1-2H3/b10-5-,25-17+;;;. The summed E-state index contributed by atoms with van der Waals surface area (Å²) in [6, 6.07) is 4.06. The molecular weight excluding hydrogens is 578 g/mol. The van der Waals surface area contributed by atoms with Gasteiger partial charge in [-0.05, 0) is 93.8 Å². The molecule has 0 aliphatic carbocycles. The molecule has 2 N–H and O–H groups in total. The van der Waals surface area contributed by atoms with Gasteiger partial charge in [0.2, 0.25) is 0 Å². The van der Waals surface area contributed by atoms with Crippen LogP contribution in [-0.2, 0) is 16.1 Å². The number of methoxy groups -OCH3 is 1. The normalized spacial score (nSPS) is 19.2. The minimum absolute atomic E-state index is 0.169. The first-order valence-corrected chi connectivity index (χ1v) is 17.4. The van der Waals surface area contributed by atoms with E-state index in [4.69, 9.17) is 14.5 Å². The smallest absolute Gasteiger partial charge is 0.274 e. The molecule has 1 aromatic carbocycles. The van der Waals surface area contributed by atoms with Crippen LogP contribution in [-0.4, -0.2) is 72.8 Å². The molecule has 9 nitrogen and oxygen atoms in total. The number of aromatic nitrogens is 2. The molecule has 2 bridgehead atoms. The lowest BCUT2D eigenvalue weighted by Gasteiger charge is -2.22. The summed E-state index contributed by atoms with van der Waals surface area (Å²) in [6.45, 7) is 22.7. The highest BCUT2D eigenvalue weighted by Crippen LogP contribution is 2.28. The lowest BCUT2D eigenvalue weighted by molar-refractivity contribution is -0.129. The number of benzene rings is 1. The summed E-state index contributed by atoms with van der Waals surface area (Å²) in [6.07, 6.45) is 11.2. The zero-order chi connectivity index (χ0) is 34.5. The van der Waals surface area contributed by atoms with Gasteiger partial charge in [0.15, 0.2) is 0 Å². The Bertz CT molecular complexity index is 1320. The molecule has 4 rings (SSSR count). The molecule has 1 fully saturated rings. The highest BCUT2D eigenvalue weighted by atomic mass is 16.5. The topological polar surface area (TPSA) is 99.8 Å². The number of H-pyrrole nitrogens is 1. The number of likely N-dealkylation sites (tertiary alicyclic amines) is 1. The van der Waals surface area contributed by atoms with E-state index in [1.165, 1.54) is 6.42 Å². The van der Waals surface area contributed by atoms with Gasteiger partial charge < -0.3 is 14.5 Å². The van der Waals surface area contributed by atoms with E-state index in [-0.39, 0.29) is 17.2 Å². The minimum atomic E-state index is -0.351. The first-order valence-electron chi connectivity index (χ1n) is 17.4. The van der Waals surface area contributed by atoms with Crippen LogP contribution in [0.1, 0.15) is 98.2 Å². The molecule has 0 radical (unpaired) electrons. The quantitative estimate of drug-likeness (QED) is 0.342. The Balaban J connectivity index is 0.00000166. The predicted molar refractivity (Wildman–Crippen MR) is 193 cm³/mol. The van der Waals surface area contributed by atoms with E-state index in [1.807, 2.05) is 54.5 Å². The molecular formula is C37H61N5O4. The van der Waals surface area contributed by atoms with Crippen molar-refractivity contribution in [3.8, 4) is 5.75 Å². The average Bonchev–Trinajstić information content (AvgIpc) is 3.30. The summed E-state index contributed by atoms with van der Waals surface area (Å²) in [7, 11) is 3.51. The number of carbonyl (C=O) groups excluding carboxylic acids is 1. The summed E-state index contributed by atoms with van der Waals surface area (Å²) in [5, 5.41) is 1.59. The third-order valence-corrected chi connectivity index (χ3v) is 7.60. The van der Waals surface area contributed by atoms with Crippen LogP contribution in [0.4, 0.5) is 0 Å². The third kappa shape index (κ3) is 12.2. The van der Waals surface area contributed by atoms with Gasteiger partial charge in [-0.25, -0.2) is 10.4 Å². The number of hydrogen-bond acceptors (Lipinski definition) is 7. The number of allylic oxidation sites excluding steroid dienone is 3. The van der Waals surface area contributed by atoms with Gasteiger partial charge in [-0.3, -0.25) is 19.5 Å². The molecule has 46 heavy (non-hydrogen) atoms. The second-order valence-corrected chi connectivity index (χ2v) is 10.6. The number of rotatable bonds is 6. The van der Waals surface area contributed by atoms with E-state index in [1.54, 1.807) is 37.4 Å². The number of ether oxygens (including phenoxy) is 2. The number of amides is 1.